The second-order valence-electron chi connectivity index (χ2n) is 6.62. The Hall–Kier alpha value is -3.24. The number of carbonyl (C=O) groups excluding carboxylic acids is 1. The van der Waals surface area contributed by atoms with E-state index in [0.717, 1.165) is 22.0 Å². The number of H-pyrrole nitrogens is 1. The largest absolute Gasteiger partial charge is 0.508 e. The molecule has 3 aromatic carbocycles. The third-order valence-electron chi connectivity index (χ3n) is 4.85. The highest BCUT2D eigenvalue weighted by molar-refractivity contribution is 6.31. The SMILES string of the molecule is O=C(NC[C@H](c1ccccc1Cl)c1c[nH]c2ccccc12)c1cccc(O)c1. The number of carbonyl (C=O) groups is 1. The second kappa shape index (κ2) is 7.79. The van der Waals surface area contributed by atoms with E-state index >= 15 is 0 Å². The van der Waals surface area contributed by atoms with Gasteiger partial charge < -0.3 is 15.4 Å². The zero-order valence-corrected chi connectivity index (χ0v) is 15.8. The van der Waals surface area contributed by atoms with Gasteiger partial charge in [-0.15, -0.1) is 0 Å². The Labute approximate surface area is 167 Å². The molecule has 4 aromatic rings. The van der Waals surface area contributed by atoms with Gasteiger partial charge in [-0.25, -0.2) is 0 Å². The van der Waals surface area contributed by atoms with Gasteiger partial charge >= 0.3 is 0 Å². The van der Waals surface area contributed by atoms with Crippen LogP contribution in [0.15, 0.2) is 79.0 Å². The lowest BCUT2D eigenvalue weighted by atomic mass is 9.90. The van der Waals surface area contributed by atoms with E-state index in [1.165, 1.54) is 12.1 Å². The molecular formula is C23H19ClN2O2. The molecule has 0 fully saturated rings. The van der Waals surface area contributed by atoms with Crippen LogP contribution in [0.4, 0.5) is 0 Å². The van der Waals surface area contributed by atoms with Crippen LogP contribution in [0.25, 0.3) is 10.9 Å². The third-order valence-corrected chi connectivity index (χ3v) is 5.20. The fourth-order valence-corrected chi connectivity index (χ4v) is 3.74. The zero-order valence-electron chi connectivity index (χ0n) is 15.0. The molecule has 4 rings (SSSR count). The standard InChI is InChI=1S/C23H19ClN2O2/c24-21-10-3-1-8-17(21)19(20-13-25-22-11-4-2-9-18(20)22)14-26-23(28)15-6-5-7-16(27)12-15/h1-13,19,25,27H,14H2,(H,26,28)/t19-/m1/s1. The van der Waals surface area contributed by atoms with Crippen LogP contribution in [0.3, 0.4) is 0 Å². The molecule has 3 N–H and O–H groups in total. The van der Waals surface area contributed by atoms with Gasteiger partial charge in [-0.05, 0) is 41.5 Å². The van der Waals surface area contributed by atoms with E-state index in [1.54, 1.807) is 12.1 Å². The molecule has 0 bridgehead atoms. The van der Waals surface area contributed by atoms with Gasteiger partial charge in [0.25, 0.3) is 5.91 Å². The third kappa shape index (κ3) is 3.59. The Balaban J connectivity index is 1.68. The first-order chi connectivity index (χ1) is 13.6. The monoisotopic (exact) mass is 390 g/mol. The molecule has 1 heterocycles. The smallest absolute Gasteiger partial charge is 0.251 e. The number of aromatic nitrogens is 1. The van der Waals surface area contributed by atoms with Crippen LogP contribution in [0.1, 0.15) is 27.4 Å². The number of hydrogen-bond acceptors (Lipinski definition) is 2. The van der Waals surface area contributed by atoms with Crippen molar-refractivity contribution in [2.75, 3.05) is 6.54 Å². The minimum atomic E-state index is -0.243. The van der Waals surface area contributed by atoms with E-state index in [1.807, 2.05) is 48.7 Å². The van der Waals surface area contributed by atoms with Crippen LogP contribution in [0, 0.1) is 0 Å². The molecule has 0 aliphatic rings. The lowest BCUT2D eigenvalue weighted by Gasteiger charge is -2.19. The fourth-order valence-electron chi connectivity index (χ4n) is 3.47. The van der Waals surface area contributed by atoms with Crippen molar-refractivity contribution in [3.63, 3.8) is 0 Å². The average Bonchev–Trinajstić information content (AvgIpc) is 3.13. The molecule has 0 aliphatic heterocycles. The first kappa shape index (κ1) is 18.1. The highest BCUT2D eigenvalue weighted by Gasteiger charge is 2.21. The summed E-state index contributed by atoms with van der Waals surface area (Å²) in [5.41, 5.74) is 3.47. The summed E-state index contributed by atoms with van der Waals surface area (Å²) in [6.45, 7) is 0.375. The number of phenolic OH excluding ortho intramolecular Hbond substituents is 1. The molecule has 1 atom stereocenters. The number of halogens is 1. The second-order valence-corrected chi connectivity index (χ2v) is 7.03. The van der Waals surface area contributed by atoms with Crippen LogP contribution in [-0.4, -0.2) is 22.5 Å². The maximum absolute atomic E-state index is 12.6. The molecular weight excluding hydrogens is 372 g/mol. The quantitative estimate of drug-likeness (QED) is 0.444. The lowest BCUT2D eigenvalue weighted by molar-refractivity contribution is 0.0952. The van der Waals surface area contributed by atoms with Crippen molar-refractivity contribution in [2.24, 2.45) is 0 Å². The summed E-state index contributed by atoms with van der Waals surface area (Å²) in [4.78, 5) is 15.9. The first-order valence-electron chi connectivity index (χ1n) is 9.01. The first-order valence-corrected chi connectivity index (χ1v) is 9.39. The number of para-hydroxylation sites is 1. The molecule has 0 unspecified atom stereocenters. The molecule has 0 spiro atoms. The van der Waals surface area contributed by atoms with Gasteiger partial charge in [0, 0.05) is 40.1 Å². The minimum Gasteiger partial charge on any atom is -0.508 e. The van der Waals surface area contributed by atoms with Crippen molar-refractivity contribution >= 4 is 28.4 Å². The summed E-state index contributed by atoms with van der Waals surface area (Å²) in [5, 5.41) is 14.4. The Morgan fingerprint density at radius 1 is 1.00 bits per heavy atom. The molecule has 0 aliphatic carbocycles. The maximum atomic E-state index is 12.6. The molecule has 1 aromatic heterocycles. The van der Waals surface area contributed by atoms with Gasteiger partial charge in [-0.2, -0.15) is 0 Å². The van der Waals surface area contributed by atoms with Crippen LogP contribution < -0.4 is 5.32 Å². The predicted octanol–water partition coefficient (Wildman–Crippen LogP) is 5.09. The van der Waals surface area contributed by atoms with E-state index in [4.69, 9.17) is 11.6 Å². The molecule has 28 heavy (non-hydrogen) atoms. The van der Waals surface area contributed by atoms with E-state index < -0.39 is 0 Å². The number of nitrogens with one attached hydrogen (secondary N) is 2. The lowest BCUT2D eigenvalue weighted by Crippen LogP contribution is -2.29. The molecule has 1 amide bonds. The number of aromatic amines is 1. The predicted molar refractivity (Wildman–Crippen MR) is 112 cm³/mol. The number of benzene rings is 3. The van der Waals surface area contributed by atoms with E-state index in [-0.39, 0.29) is 17.6 Å². The number of aromatic hydroxyl groups is 1. The Morgan fingerprint density at radius 3 is 2.61 bits per heavy atom. The Morgan fingerprint density at radius 2 is 1.79 bits per heavy atom. The summed E-state index contributed by atoms with van der Waals surface area (Å²) in [5.74, 6) is -0.300. The van der Waals surface area contributed by atoms with Crippen LogP contribution >= 0.6 is 11.6 Å². The topological polar surface area (TPSA) is 65.1 Å². The van der Waals surface area contributed by atoms with Gasteiger partial charge in [0.05, 0.1) is 0 Å². The number of amides is 1. The number of phenols is 1. The highest BCUT2D eigenvalue weighted by Crippen LogP contribution is 2.34. The highest BCUT2D eigenvalue weighted by atomic mass is 35.5. The Bertz CT molecular complexity index is 1140. The number of rotatable bonds is 5. The van der Waals surface area contributed by atoms with Crippen molar-refractivity contribution in [2.45, 2.75) is 5.92 Å². The van der Waals surface area contributed by atoms with Crippen molar-refractivity contribution in [1.82, 2.24) is 10.3 Å². The van der Waals surface area contributed by atoms with Gasteiger partial charge in [-0.1, -0.05) is 54.1 Å². The molecule has 4 nitrogen and oxygen atoms in total. The van der Waals surface area contributed by atoms with Gasteiger partial charge in [-0.3, -0.25) is 4.79 Å². The molecule has 0 saturated heterocycles. The number of fused-ring (bicyclic) bond motifs is 1. The Kier molecular flexibility index (Phi) is 5.04. The molecule has 140 valence electrons. The molecule has 0 saturated carbocycles. The van der Waals surface area contributed by atoms with Crippen LogP contribution in [0.2, 0.25) is 5.02 Å². The minimum absolute atomic E-state index is 0.0620. The van der Waals surface area contributed by atoms with Crippen molar-refractivity contribution < 1.29 is 9.90 Å². The average molecular weight is 391 g/mol. The summed E-state index contributed by atoms with van der Waals surface area (Å²) in [6.07, 6.45) is 1.97. The van der Waals surface area contributed by atoms with Gasteiger partial charge in [0.1, 0.15) is 5.75 Å². The van der Waals surface area contributed by atoms with E-state index in [0.29, 0.717) is 17.1 Å². The van der Waals surface area contributed by atoms with Crippen molar-refractivity contribution in [3.05, 3.63) is 101 Å². The summed E-state index contributed by atoms with van der Waals surface area (Å²) in [6, 6.07) is 22.0. The van der Waals surface area contributed by atoms with E-state index in [2.05, 4.69) is 16.4 Å². The normalized spacial score (nSPS) is 12.0. The summed E-state index contributed by atoms with van der Waals surface area (Å²) in [7, 11) is 0. The zero-order chi connectivity index (χ0) is 19.5. The summed E-state index contributed by atoms with van der Waals surface area (Å²) < 4.78 is 0. The maximum Gasteiger partial charge on any atom is 0.251 e. The van der Waals surface area contributed by atoms with E-state index in [9.17, 15) is 9.90 Å². The van der Waals surface area contributed by atoms with Gasteiger partial charge in [0.2, 0.25) is 0 Å². The van der Waals surface area contributed by atoms with Crippen LogP contribution in [-0.2, 0) is 0 Å². The van der Waals surface area contributed by atoms with Crippen molar-refractivity contribution in [3.8, 4) is 5.75 Å². The fraction of sp³-hybridized carbons (Fsp3) is 0.0870. The molecule has 5 heteroatoms. The van der Waals surface area contributed by atoms with Gasteiger partial charge in [0.15, 0.2) is 0 Å². The van der Waals surface area contributed by atoms with Crippen LogP contribution in [0.5, 0.6) is 5.75 Å². The number of hydrogen-bond donors (Lipinski definition) is 3. The van der Waals surface area contributed by atoms with Crippen molar-refractivity contribution in [1.29, 1.82) is 0 Å². The molecule has 0 radical (unpaired) electrons. The summed E-state index contributed by atoms with van der Waals surface area (Å²) >= 11 is 6.48.